The Kier molecular flexibility index (Phi) is 3.06. The number of nitrogen functional groups attached to an aromatic ring is 1. The Bertz CT molecular complexity index is 742. The van der Waals surface area contributed by atoms with Crippen LogP contribution in [0.15, 0.2) is 36.8 Å². The smallest absolute Gasteiger partial charge is 0.186 e. The zero-order valence-corrected chi connectivity index (χ0v) is 11.5. The first-order valence-electron chi connectivity index (χ1n) is 6.33. The Morgan fingerprint density at radius 3 is 2.45 bits per heavy atom. The van der Waals surface area contributed by atoms with Crippen LogP contribution >= 0.6 is 12.4 Å². The van der Waals surface area contributed by atoms with E-state index in [2.05, 4.69) is 39.3 Å². The molecule has 1 aliphatic carbocycles. The number of fused-ring (bicyclic) bond motifs is 2. The van der Waals surface area contributed by atoms with Crippen LogP contribution in [0.1, 0.15) is 17.2 Å². The summed E-state index contributed by atoms with van der Waals surface area (Å²) >= 11 is 0. The fourth-order valence-corrected chi connectivity index (χ4v) is 2.78. The van der Waals surface area contributed by atoms with Crippen LogP contribution in [0.5, 0.6) is 0 Å². The van der Waals surface area contributed by atoms with Crippen LogP contribution in [0, 0.1) is 0 Å². The molecule has 0 amide bonds. The van der Waals surface area contributed by atoms with Crippen molar-refractivity contribution in [3.05, 3.63) is 47.9 Å². The summed E-state index contributed by atoms with van der Waals surface area (Å²) in [7, 11) is 0. The van der Waals surface area contributed by atoms with E-state index < -0.39 is 0 Å². The molecule has 0 spiro atoms. The SMILES string of the molecule is Cl.Nc1ncnc2nn(C3Cc4ccccc4C3)cc12. The molecule has 1 aromatic carbocycles. The molecule has 4 rings (SSSR count). The molecule has 0 radical (unpaired) electrons. The van der Waals surface area contributed by atoms with E-state index in [4.69, 9.17) is 5.73 Å². The van der Waals surface area contributed by atoms with Crippen molar-refractivity contribution in [2.24, 2.45) is 0 Å². The molecule has 102 valence electrons. The van der Waals surface area contributed by atoms with Crippen LogP contribution in [0.4, 0.5) is 5.82 Å². The lowest BCUT2D eigenvalue weighted by molar-refractivity contribution is 0.478. The van der Waals surface area contributed by atoms with Gasteiger partial charge in [0.2, 0.25) is 0 Å². The van der Waals surface area contributed by atoms with Gasteiger partial charge in [-0.3, -0.25) is 4.68 Å². The summed E-state index contributed by atoms with van der Waals surface area (Å²) in [5.74, 6) is 0.492. The Morgan fingerprint density at radius 1 is 1.10 bits per heavy atom. The van der Waals surface area contributed by atoms with Gasteiger partial charge in [-0.15, -0.1) is 12.4 Å². The molecule has 0 saturated heterocycles. The van der Waals surface area contributed by atoms with Crippen molar-refractivity contribution in [3.8, 4) is 0 Å². The summed E-state index contributed by atoms with van der Waals surface area (Å²) in [6, 6.07) is 8.90. The van der Waals surface area contributed by atoms with Crippen LogP contribution in [0.3, 0.4) is 0 Å². The highest BCUT2D eigenvalue weighted by Gasteiger charge is 2.23. The maximum absolute atomic E-state index is 5.85. The topological polar surface area (TPSA) is 69.6 Å². The minimum absolute atomic E-state index is 0. The van der Waals surface area contributed by atoms with Crippen molar-refractivity contribution >= 4 is 29.3 Å². The molecular weight excluding hydrogens is 274 g/mol. The fourth-order valence-electron chi connectivity index (χ4n) is 2.78. The summed E-state index contributed by atoms with van der Waals surface area (Å²) in [6.07, 6.45) is 5.44. The second-order valence-corrected chi connectivity index (χ2v) is 4.94. The monoisotopic (exact) mass is 287 g/mol. The average molecular weight is 288 g/mol. The summed E-state index contributed by atoms with van der Waals surface area (Å²) in [6.45, 7) is 0. The number of hydrogen-bond donors (Lipinski definition) is 1. The molecule has 5 nitrogen and oxygen atoms in total. The summed E-state index contributed by atoms with van der Waals surface area (Å²) in [5, 5.41) is 5.36. The maximum Gasteiger partial charge on any atom is 0.186 e. The van der Waals surface area contributed by atoms with E-state index in [1.807, 2.05) is 10.9 Å². The van der Waals surface area contributed by atoms with Gasteiger partial charge in [0.25, 0.3) is 0 Å². The third kappa shape index (κ3) is 1.91. The Labute approximate surface area is 122 Å². The molecule has 2 heterocycles. The van der Waals surface area contributed by atoms with Gasteiger partial charge < -0.3 is 5.73 Å². The van der Waals surface area contributed by atoms with Gasteiger partial charge in [0, 0.05) is 6.20 Å². The molecule has 0 bridgehead atoms. The number of anilines is 1. The first-order valence-corrected chi connectivity index (χ1v) is 6.33. The first-order chi connectivity index (χ1) is 9.31. The maximum atomic E-state index is 5.85. The molecule has 6 heteroatoms. The van der Waals surface area contributed by atoms with Crippen molar-refractivity contribution < 1.29 is 0 Å². The zero-order chi connectivity index (χ0) is 12.8. The molecule has 2 N–H and O–H groups in total. The lowest BCUT2D eigenvalue weighted by atomic mass is 10.1. The summed E-state index contributed by atoms with van der Waals surface area (Å²) in [4.78, 5) is 8.16. The number of aromatic nitrogens is 4. The average Bonchev–Trinajstić information content (AvgIpc) is 3.02. The van der Waals surface area contributed by atoms with Gasteiger partial charge in [-0.2, -0.15) is 5.10 Å². The van der Waals surface area contributed by atoms with Crippen LogP contribution in [-0.4, -0.2) is 19.7 Å². The van der Waals surface area contributed by atoms with E-state index in [9.17, 15) is 0 Å². The highest BCUT2D eigenvalue weighted by molar-refractivity contribution is 5.85. The molecule has 3 aromatic rings. The van der Waals surface area contributed by atoms with E-state index in [0.29, 0.717) is 17.5 Å². The Morgan fingerprint density at radius 2 is 1.80 bits per heavy atom. The van der Waals surface area contributed by atoms with Crippen LogP contribution in [0.25, 0.3) is 11.0 Å². The second-order valence-electron chi connectivity index (χ2n) is 4.94. The Balaban J connectivity index is 0.00000121. The first kappa shape index (κ1) is 12.9. The standard InChI is InChI=1S/C14H13N5.ClH/c15-13-12-7-19(18-14(12)17-8-16-13)11-5-9-3-1-2-4-10(9)6-11;/h1-4,7-8,11H,5-6H2,(H2,15,16,17,18);1H. The van der Waals surface area contributed by atoms with Gasteiger partial charge in [-0.05, 0) is 24.0 Å². The quantitative estimate of drug-likeness (QED) is 0.745. The third-order valence-corrected chi connectivity index (χ3v) is 3.77. The predicted octanol–water partition coefficient (Wildman–Crippen LogP) is 2.17. The lowest BCUT2D eigenvalue weighted by Crippen LogP contribution is -2.09. The second kappa shape index (κ2) is 4.76. The van der Waals surface area contributed by atoms with Gasteiger partial charge in [-0.25, -0.2) is 9.97 Å². The van der Waals surface area contributed by atoms with E-state index in [1.54, 1.807) is 0 Å². The third-order valence-electron chi connectivity index (χ3n) is 3.77. The molecule has 1 aliphatic rings. The van der Waals surface area contributed by atoms with E-state index in [-0.39, 0.29) is 12.4 Å². The predicted molar refractivity (Wildman–Crippen MR) is 79.9 cm³/mol. The van der Waals surface area contributed by atoms with E-state index >= 15 is 0 Å². The number of halogens is 1. The van der Waals surface area contributed by atoms with Crippen LogP contribution in [-0.2, 0) is 12.8 Å². The van der Waals surface area contributed by atoms with Gasteiger partial charge in [0.15, 0.2) is 5.65 Å². The van der Waals surface area contributed by atoms with Crippen molar-refractivity contribution in [3.63, 3.8) is 0 Å². The van der Waals surface area contributed by atoms with Crippen molar-refractivity contribution in [1.29, 1.82) is 0 Å². The molecule has 20 heavy (non-hydrogen) atoms. The lowest BCUT2D eigenvalue weighted by Gasteiger charge is -2.08. The van der Waals surface area contributed by atoms with Gasteiger partial charge in [0.05, 0.1) is 11.4 Å². The van der Waals surface area contributed by atoms with Crippen molar-refractivity contribution in [2.45, 2.75) is 18.9 Å². The molecule has 0 fully saturated rings. The van der Waals surface area contributed by atoms with Gasteiger partial charge >= 0.3 is 0 Å². The highest BCUT2D eigenvalue weighted by Crippen LogP contribution is 2.30. The molecule has 0 aliphatic heterocycles. The normalized spacial score (nSPS) is 14.2. The van der Waals surface area contributed by atoms with Gasteiger partial charge in [-0.1, -0.05) is 24.3 Å². The highest BCUT2D eigenvalue weighted by atomic mass is 35.5. The van der Waals surface area contributed by atoms with E-state index in [1.165, 1.54) is 17.5 Å². The summed E-state index contributed by atoms with van der Waals surface area (Å²) < 4.78 is 1.98. The Hall–Kier alpha value is -2.14. The number of rotatable bonds is 1. The molecule has 0 saturated carbocycles. The molecule has 2 aromatic heterocycles. The van der Waals surface area contributed by atoms with E-state index in [0.717, 1.165) is 18.2 Å². The molecule has 0 atom stereocenters. The molecule has 0 unspecified atom stereocenters. The zero-order valence-electron chi connectivity index (χ0n) is 10.7. The molecular formula is C14H14ClN5. The van der Waals surface area contributed by atoms with Crippen LogP contribution < -0.4 is 5.73 Å². The van der Waals surface area contributed by atoms with Crippen LogP contribution in [0.2, 0.25) is 0 Å². The van der Waals surface area contributed by atoms with Crippen molar-refractivity contribution in [1.82, 2.24) is 19.7 Å². The van der Waals surface area contributed by atoms with Gasteiger partial charge in [0.1, 0.15) is 12.1 Å². The number of benzene rings is 1. The number of nitrogens with zero attached hydrogens (tertiary/aromatic N) is 4. The number of hydrogen-bond acceptors (Lipinski definition) is 4. The fraction of sp³-hybridized carbons (Fsp3) is 0.214. The van der Waals surface area contributed by atoms with Crippen molar-refractivity contribution in [2.75, 3.05) is 5.73 Å². The largest absolute Gasteiger partial charge is 0.383 e. The number of nitrogens with two attached hydrogens (primary N) is 1. The minimum atomic E-state index is 0. The minimum Gasteiger partial charge on any atom is -0.383 e. The summed E-state index contributed by atoms with van der Waals surface area (Å²) in [5.41, 5.74) is 9.33.